The van der Waals surface area contributed by atoms with Gasteiger partial charge in [0.15, 0.2) is 0 Å². The predicted molar refractivity (Wildman–Crippen MR) is 71.1 cm³/mol. The quantitative estimate of drug-likeness (QED) is 0.848. The first-order chi connectivity index (χ1) is 7.54. The number of rotatable bonds is 4. The van der Waals surface area contributed by atoms with E-state index in [9.17, 15) is 4.79 Å². The average molecular weight is 305 g/mol. The van der Waals surface area contributed by atoms with E-state index in [1.54, 1.807) is 0 Å². The molecule has 0 aliphatic carbocycles. The number of carbonyl (C=O) groups is 1. The molecule has 1 aromatic rings. The molecule has 0 aromatic heterocycles. The second-order valence-corrected chi connectivity index (χ2v) is 5.17. The van der Waals surface area contributed by atoms with E-state index in [2.05, 4.69) is 21.2 Å². The van der Waals surface area contributed by atoms with Gasteiger partial charge in [-0.25, -0.2) is 0 Å². The summed E-state index contributed by atoms with van der Waals surface area (Å²) in [7, 11) is 0. The first-order valence-corrected chi connectivity index (χ1v) is 6.46. The van der Waals surface area contributed by atoms with Gasteiger partial charge >= 0.3 is 0 Å². The van der Waals surface area contributed by atoms with E-state index in [-0.39, 0.29) is 11.3 Å². The number of hydrogen-bond acceptors (Lipinski definition) is 1. The Hall–Kier alpha value is -0.540. The van der Waals surface area contributed by atoms with E-state index in [0.29, 0.717) is 12.1 Å². The van der Waals surface area contributed by atoms with Crippen molar-refractivity contribution in [2.45, 2.75) is 25.6 Å². The van der Waals surface area contributed by atoms with Crippen molar-refractivity contribution >= 4 is 33.4 Å². The molecule has 88 valence electrons. The summed E-state index contributed by atoms with van der Waals surface area (Å²) in [6.07, 6.45) is 0.844. The summed E-state index contributed by atoms with van der Waals surface area (Å²) in [4.78, 5) is 11.8. The van der Waals surface area contributed by atoms with Gasteiger partial charge in [-0.05, 0) is 47.0 Å². The van der Waals surface area contributed by atoms with Gasteiger partial charge in [0.2, 0.25) is 0 Å². The van der Waals surface area contributed by atoms with Crippen molar-refractivity contribution in [3.63, 3.8) is 0 Å². The fourth-order valence-electron chi connectivity index (χ4n) is 1.25. The number of alkyl halides is 1. The highest BCUT2D eigenvalue weighted by molar-refractivity contribution is 9.10. The van der Waals surface area contributed by atoms with Gasteiger partial charge in [-0.3, -0.25) is 4.79 Å². The minimum Gasteiger partial charge on any atom is -0.351 e. The average Bonchev–Trinajstić information content (AvgIpc) is 2.25. The lowest BCUT2D eigenvalue weighted by molar-refractivity contribution is 0.0952. The Labute approximate surface area is 110 Å². The minimum absolute atomic E-state index is 0.00632. The van der Waals surface area contributed by atoms with Crippen LogP contribution in [0.1, 0.15) is 29.3 Å². The first-order valence-electron chi connectivity index (χ1n) is 5.23. The number of aryl methyl sites for hydroxylation is 1. The van der Waals surface area contributed by atoms with Crippen molar-refractivity contribution in [3.05, 3.63) is 33.8 Å². The van der Waals surface area contributed by atoms with Crippen LogP contribution in [0.4, 0.5) is 0 Å². The van der Waals surface area contributed by atoms with Crippen molar-refractivity contribution in [3.8, 4) is 0 Å². The highest BCUT2D eigenvalue weighted by Crippen LogP contribution is 2.18. The molecule has 1 N–H and O–H groups in total. The second-order valence-electron chi connectivity index (χ2n) is 3.70. The van der Waals surface area contributed by atoms with Crippen LogP contribution in [-0.4, -0.2) is 17.8 Å². The normalized spacial score (nSPS) is 12.2. The maximum absolute atomic E-state index is 11.8. The zero-order valence-corrected chi connectivity index (χ0v) is 11.7. The minimum atomic E-state index is -0.0917. The number of nitrogens with one attached hydrogen (secondary N) is 1. The van der Waals surface area contributed by atoms with Crippen LogP contribution >= 0.6 is 27.5 Å². The third-order valence-corrected chi connectivity index (χ3v) is 3.42. The Bertz CT molecular complexity index is 381. The number of benzene rings is 1. The number of carbonyl (C=O) groups excluding carboxylic acids is 1. The molecule has 1 unspecified atom stereocenters. The van der Waals surface area contributed by atoms with Gasteiger partial charge in [0.05, 0.1) is 10.9 Å². The van der Waals surface area contributed by atoms with Gasteiger partial charge in [0, 0.05) is 11.0 Å². The predicted octanol–water partition coefficient (Wildman–Crippen LogP) is 3.50. The van der Waals surface area contributed by atoms with Gasteiger partial charge in [0.1, 0.15) is 0 Å². The molecule has 16 heavy (non-hydrogen) atoms. The van der Waals surface area contributed by atoms with Crippen LogP contribution in [-0.2, 0) is 0 Å². The van der Waals surface area contributed by atoms with E-state index < -0.39 is 0 Å². The maximum Gasteiger partial charge on any atom is 0.252 e. The summed E-state index contributed by atoms with van der Waals surface area (Å²) in [6.45, 7) is 4.47. The lowest BCUT2D eigenvalue weighted by Gasteiger charge is -2.10. The molecule has 2 nitrogen and oxygen atoms in total. The van der Waals surface area contributed by atoms with Crippen LogP contribution in [0.5, 0.6) is 0 Å². The van der Waals surface area contributed by atoms with Gasteiger partial charge in [0.25, 0.3) is 5.91 Å². The Morgan fingerprint density at radius 2 is 2.25 bits per heavy atom. The molecule has 0 saturated carbocycles. The molecule has 4 heteroatoms. The summed E-state index contributed by atoms with van der Waals surface area (Å²) < 4.78 is 0.813. The largest absolute Gasteiger partial charge is 0.351 e. The molecule has 0 radical (unpaired) electrons. The Morgan fingerprint density at radius 3 is 2.81 bits per heavy atom. The van der Waals surface area contributed by atoms with Crippen LogP contribution < -0.4 is 5.32 Å². The third kappa shape index (κ3) is 3.80. The molecule has 1 atom stereocenters. The van der Waals surface area contributed by atoms with Gasteiger partial charge in [-0.15, -0.1) is 11.6 Å². The van der Waals surface area contributed by atoms with Crippen molar-refractivity contribution in [2.24, 2.45) is 0 Å². The van der Waals surface area contributed by atoms with Gasteiger partial charge < -0.3 is 5.32 Å². The van der Waals surface area contributed by atoms with Crippen molar-refractivity contribution in [1.82, 2.24) is 5.32 Å². The summed E-state index contributed by atoms with van der Waals surface area (Å²) in [6, 6.07) is 5.65. The van der Waals surface area contributed by atoms with Crippen LogP contribution in [0.2, 0.25) is 0 Å². The lowest BCUT2D eigenvalue weighted by atomic mass is 10.1. The molecule has 0 bridgehead atoms. The summed E-state index contributed by atoms with van der Waals surface area (Å²) in [5.41, 5.74) is 1.76. The monoisotopic (exact) mass is 303 g/mol. The zero-order chi connectivity index (χ0) is 12.1. The second kappa shape index (κ2) is 6.26. The van der Waals surface area contributed by atoms with Crippen LogP contribution in [0.15, 0.2) is 22.7 Å². The Kier molecular flexibility index (Phi) is 5.29. The molecule has 0 heterocycles. The number of amides is 1. The molecular formula is C12H15BrClNO. The van der Waals surface area contributed by atoms with E-state index in [1.165, 1.54) is 0 Å². The molecule has 1 amide bonds. The molecule has 0 saturated heterocycles. The fourth-order valence-corrected chi connectivity index (χ4v) is 2.00. The molecule has 0 aliphatic rings. The zero-order valence-electron chi connectivity index (χ0n) is 9.39. The number of hydrogen-bond donors (Lipinski definition) is 1. The molecular weight excluding hydrogens is 289 g/mol. The highest BCUT2D eigenvalue weighted by atomic mass is 79.9. The molecule has 0 fully saturated rings. The standard InChI is InChI=1S/C12H15BrClNO/c1-3-9(14)7-15-12(16)10-5-4-8(2)6-11(10)13/h4-6,9H,3,7H2,1-2H3,(H,15,16). The van der Waals surface area contributed by atoms with E-state index in [1.807, 2.05) is 32.0 Å². The highest BCUT2D eigenvalue weighted by Gasteiger charge is 2.10. The molecule has 0 spiro atoms. The topological polar surface area (TPSA) is 29.1 Å². The fraction of sp³-hybridized carbons (Fsp3) is 0.417. The number of halogens is 2. The first kappa shape index (κ1) is 13.5. The van der Waals surface area contributed by atoms with Gasteiger partial charge in [-0.1, -0.05) is 13.0 Å². The summed E-state index contributed by atoms with van der Waals surface area (Å²) >= 11 is 9.31. The van der Waals surface area contributed by atoms with Crippen molar-refractivity contribution < 1.29 is 4.79 Å². The van der Waals surface area contributed by atoms with Crippen molar-refractivity contribution in [1.29, 1.82) is 0 Å². The van der Waals surface area contributed by atoms with Crippen LogP contribution in [0.3, 0.4) is 0 Å². The smallest absolute Gasteiger partial charge is 0.252 e. The SMILES string of the molecule is CCC(Cl)CNC(=O)c1ccc(C)cc1Br. The van der Waals surface area contributed by atoms with E-state index in [4.69, 9.17) is 11.6 Å². The van der Waals surface area contributed by atoms with Crippen LogP contribution in [0, 0.1) is 6.92 Å². The third-order valence-electron chi connectivity index (χ3n) is 2.30. The maximum atomic E-state index is 11.8. The van der Waals surface area contributed by atoms with Gasteiger partial charge in [-0.2, -0.15) is 0 Å². The Balaban J connectivity index is 2.66. The van der Waals surface area contributed by atoms with Crippen molar-refractivity contribution in [2.75, 3.05) is 6.54 Å². The summed E-state index contributed by atoms with van der Waals surface area (Å²) in [5.74, 6) is -0.0917. The van der Waals surface area contributed by atoms with Crippen LogP contribution in [0.25, 0.3) is 0 Å². The summed E-state index contributed by atoms with van der Waals surface area (Å²) in [5, 5.41) is 2.80. The van der Waals surface area contributed by atoms with E-state index >= 15 is 0 Å². The molecule has 0 aliphatic heterocycles. The molecule has 1 rings (SSSR count). The Morgan fingerprint density at radius 1 is 1.56 bits per heavy atom. The van der Waals surface area contributed by atoms with E-state index in [0.717, 1.165) is 16.5 Å². The lowest BCUT2D eigenvalue weighted by Crippen LogP contribution is -2.29. The molecule has 1 aromatic carbocycles.